The van der Waals surface area contributed by atoms with E-state index in [1.807, 2.05) is 6.92 Å². The summed E-state index contributed by atoms with van der Waals surface area (Å²) in [4.78, 5) is 84.2. The average molecular weight is 1130 g/mol. The van der Waals surface area contributed by atoms with Crippen LogP contribution in [0.1, 0.15) is 155 Å². The highest BCUT2D eigenvalue weighted by atomic mass is 19.3. The normalized spacial score (nSPS) is 22.3. The molecule has 0 radical (unpaired) electrons. The van der Waals surface area contributed by atoms with Gasteiger partial charge in [-0.3, -0.25) is 28.8 Å². The molecular formula is C63H85F2N10O7+. The fourth-order valence-corrected chi connectivity index (χ4v) is 12.4. The molecule has 2 aromatic carbocycles. The summed E-state index contributed by atoms with van der Waals surface area (Å²) >= 11 is 0. The van der Waals surface area contributed by atoms with E-state index >= 15 is 8.78 Å². The van der Waals surface area contributed by atoms with Crippen molar-refractivity contribution < 1.29 is 46.9 Å². The van der Waals surface area contributed by atoms with Crippen molar-refractivity contribution in [3.8, 4) is 0 Å². The van der Waals surface area contributed by atoms with Crippen LogP contribution in [0.15, 0.2) is 90.8 Å². The number of aromatic nitrogens is 3. The minimum Gasteiger partial charge on any atom is -0.361 e. The number of benzene rings is 2. The molecule has 1 aliphatic carbocycles. The molecule has 5 heterocycles. The number of likely N-dealkylation sites (N-methyl/N-ethyl adjacent to an activating group) is 1. The van der Waals surface area contributed by atoms with E-state index in [0.29, 0.717) is 37.8 Å². The van der Waals surface area contributed by atoms with Gasteiger partial charge < -0.3 is 35.8 Å². The molecule has 5 aliphatic rings. The van der Waals surface area contributed by atoms with Crippen LogP contribution in [0.5, 0.6) is 0 Å². The zero-order valence-electron chi connectivity index (χ0n) is 49.2. The van der Waals surface area contributed by atoms with E-state index in [-0.39, 0.29) is 54.6 Å². The first kappa shape index (κ1) is 61.2. The summed E-state index contributed by atoms with van der Waals surface area (Å²) in [5.41, 5.74) is 6.60. The Labute approximate surface area is 481 Å². The summed E-state index contributed by atoms with van der Waals surface area (Å²) in [6.45, 7) is 13.7. The maximum Gasteiger partial charge on any atom is 0.267 e. The molecule has 0 spiro atoms. The number of Topliss-reactive ketones (excluding diaryl/α,β-unsaturated/α-hetero) is 1. The number of allylic oxidation sites excluding steroid dienone is 6. The molecule has 0 bridgehead atoms. The number of rotatable bonds is 26. The minimum absolute atomic E-state index is 0.0778. The lowest BCUT2D eigenvalue weighted by Crippen LogP contribution is -2.57. The van der Waals surface area contributed by atoms with Gasteiger partial charge in [-0.15, -0.1) is 5.10 Å². The summed E-state index contributed by atoms with van der Waals surface area (Å²) in [6, 6.07) is 12.2. The number of carbonyl (C=O) groups excluding carboxylic acids is 6. The van der Waals surface area contributed by atoms with Gasteiger partial charge in [0.25, 0.3) is 5.92 Å². The highest BCUT2D eigenvalue weighted by Gasteiger charge is 2.53. The Morgan fingerprint density at radius 1 is 0.841 bits per heavy atom. The molecule has 1 aromatic heterocycles. The molecule has 19 heteroatoms. The van der Waals surface area contributed by atoms with Gasteiger partial charge in [-0.1, -0.05) is 126 Å². The summed E-state index contributed by atoms with van der Waals surface area (Å²) in [5, 5.41) is 19.0. The number of hydrogen-bond donors (Lipinski definition) is 4. The Balaban J connectivity index is 0.782. The molecule has 5 amide bonds. The van der Waals surface area contributed by atoms with E-state index in [4.69, 9.17) is 4.74 Å². The maximum atomic E-state index is 15.1. The van der Waals surface area contributed by atoms with E-state index in [1.54, 1.807) is 6.92 Å². The number of anilines is 1. The number of ether oxygens (including phenoxy) is 1. The molecule has 4 aliphatic heterocycles. The average Bonchev–Trinajstić information content (AvgIpc) is 3.99. The number of alkyl halides is 2. The molecule has 0 unspecified atom stereocenters. The van der Waals surface area contributed by atoms with Gasteiger partial charge in [0.1, 0.15) is 42.5 Å². The number of epoxide rings is 1. The van der Waals surface area contributed by atoms with Gasteiger partial charge in [0.05, 0.1) is 37.4 Å². The summed E-state index contributed by atoms with van der Waals surface area (Å²) in [7, 11) is 2.12. The highest BCUT2D eigenvalue weighted by Crippen LogP contribution is 2.47. The second kappa shape index (κ2) is 26.1. The third kappa shape index (κ3) is 14.5. The Morgan fingerprint density at radius 3 is 2.28 bits per heavy atom. The second-order valence-electron chi connectivity index (χ2n) is 24.4. The number of nitrogens with one attached hydrogen (secondary N) is 4. The van der Waals surface area contributed by atoms with Crippen molar-refractivity contribution in [3.05, 3.63) is 108 Å². The lowest BCUT2D eigenvalue weighted by molar-refractivity contribution is -0.438. The van der Waals surface area contributed by atoms with Gasteiger partial charge in [0.2, 0.25) is 35.2 Å². The molecule has 4 N–H and O–H groups in total. The quantitative estimate of drug-likeness (QED) is 0.0263. The fraction of sp³-hybridized carbons (Fsp3) is 0.571. The molecule has 3 aromatic rings. The van der Waals surface area contributed by atoms with Crippen LogP contribution < -0.4 is 26.2 Å². The van der Waals surface area contributed by atoms with Gasteiger partial charge >= 0.3 is 0 Å². The summed E-state index contributed by atoms with van der Waals surface area (Å²) in [6.07, 6.45) is 20.9. The zero-order chi connectivity index (χ0) is 59.0. The van der Waals surface area contributed by atoms with Crippen LogP contribution >= 0.6 is 0 Å². The van der Waals surface area contributed by atoms with Gasteiger partial charge in [0, 0.05) is 60.8 Å². The van der Waals surface area contributed by atoms with Crippen molar-refractivity contribution >= 4 is 52.4 Å². The Hall–Kier alpha value is -6.89. The number of carbonyl (C=O) groups is 6. The summed E-state index contributed by atoms with van der Waals surface area (Å²) < 4.78 is 39.3. The molecule has 5 atom stereocenters. The van der Waals surface area contributed by atoms with E-state index in [9.17, 15) is 28.8 Å². The van der Waals surface area contributed by atoms with E-state index in [1.165, 1.54) is 51.7 Å². The highest BCUT2D eigenvalue weighted by molar-refractivity contribution is 6.03. The van der Waals surface area contributed by atoms with Gasteiger partial charge in [-0.25, -0.2) is 13.5 Å². The molecule has 17 nitrogen and oxygen atoms in total. The predicted octanol–water partition coefficient (Wildman–Crippen LogP) is 8.18. The van der Waals surface area contributed by atoms with E-state index < -0.39 is 72.3 Å². The van der Waals surface area contributed by atoms with Gasteiger partial charge in [-0.05, 0) is 77.0 Å². The van der Waals surface area contributed by atoms with Crippen LogP contribution in [0.3, 0.4) is 0 Å². The number of para-hydroxylation sites is 2. The number of amides is 5. The van der Waals surface area contributed by atoms with Gasteiger partial charge in [0.15, 0.2) is 11.5 Å². The second-order valence-corrected chi connectivity index (χ2v) is 24.4. The monoisotopic (exact) mass is 1130 g/mol. The summed E-state index contributed by atoms with van der Waals surface area (Å²) in [5.74, 6) is -6.64. The molecule has 3 fully saturated rings. The lowest BCUT2D eigenvalue weighted by Gasteiger charge is -2.30. The predicted molar refractivity (Wildman–Crippen MR) is 310 cm³/mol. The minimum atomic E-state index is -3.41. The number of likely N-dealkylation sites (tertiary alicyclic amines) is 1. The lowest BCUT2D eigenvalue weighted by atomic mass is 9.81. The standard InChI is InChI=1S/C63H84F2N10O7/c1-9-10-28-47(57(79)69-48(56(78)62(7)41-82-62)35-43-24-14-11-15-25-43)68-58(80)51-36-63(64,65)40-75(51)59(81)42(2)67-55(77)39-73-38-44(70-71-73)37-66-54(76)33-18-13-23-34-74-50-30-22-20-27-46(50)61(5,6)53(74)32-17-12-16-31-52-60(3,4)45-26-19-21-29-49(45)72(52)8/h12,16-17,19-22,26-27,29-32,38,42-43,47-48,51H,9-11,13-15,18,23-25,28,33-37,39-41H2,1-8H3,(H3-,66,67,68,69,76,77,79,80)/p+1/t42-,47-,48-,51-,62+/m0/s1. The molecule has 442 valence electrons. The topological polar surface area (TPSA) is 203 Å². The van der Waals surface area contributed by atoms with Crippen molar-refractivity contribution in [2.24, 2.45) is 5.92 Å². The number of hydrogen-bond acceptors (Lipinski definition) is 10. The number of nitrogens with zero attached hydrogens (tertiary/aromatic N) is 6. The zero-order valence-corrected chi connectivity index (χ0v) is 49.2. The number of ketones is 1. The van der Waals surface area contributed by atoms with Crippen molar-refractivity contribution in [3.63, 3.8) is 0 Å². The first-order valence-electron chi connectivity index (χ1n) is 29.6. The smallest absolute Gasteiger partial charge is 0.267 e. The van der Waals surface area contributed by atoms with Crippen LogP contribution in [-0.2, 0) is 57.4 Å². The van der Waals surface area contributed by atoms with Crippen LogP contribution in [0.4, 0.5) is 20.2 Å². The van der Waals surface area contributed by atoms with E-state index in [2.05, 4.69) is 155 Å². The third-order valence-electron chi connectivity index (χ3n) is 17.2. The Kier molecular flexibility index (Phi) is 19.5. The van der Waals surface area contributed by atoms with Crippen molar-refractivity contribution in [1.82, 2.24) is 41.2 Å². The SMILES string of the molecule is CCCC[C@H](NC(=O)[C@@H]1CC(F)(F)CN1C(=O)[C@H](C)NC(=O)Cn1cc(CNC(=O)CCCCC[N+]2=C(/C=C/C=C/C=C3/N(C)c4ccccc4C3(C)C)C(C)(C)c3ccccc32)nn1)C(=O)N[C@@H](CC1CCCCC1)C(=O)[C@@]1(C)CO1. The Morgan fingerprint density at radius 2 is 1.56 bits per heavy atom. The Bertz CT molecular complexity index is 2970. The third-order valence-corrected chi connectivity index (χ3v) is 17.2. The number of unbranched alkanes of at least 4 members (excludes halogenated alkanes) is 3. The van der Waals surface area contributed by atoms with Crippen molar-refractivity contribution in [1.29, 1.82) is 0 Å². The van der Waals surface area contributed by atoms with Crippen LogP contribution in [0.25, 0.3) is 0 Å². The molecule has 2 saturated heterocycles. The molecule has 8 rings (SSSR count). The van der Waals surface area contributed by atoms with Crippen molar-refractivity contribution in [2.75, 3.05) is 31.6 Å². The van der Waals surface area contributed by atoms with Crippen molar-refractivity contribution in [2.45, 2.75) is 198 Å². The first-order valence-corrected chi connectivity index (χ1v) is 29.6. The van der Waals surface area contributed by atoms with Crippen LogP contribution in [0.2, 0.25) is 0 Å². The molecular weight excluding hydrogens is 1050 g/mol. The largest absolute Gasteiger partial charge is 0.361 e. The number of fused-ring (bicyclic) bond motifs is 2. The maximum absolute atomic E-state index is 15.1. The fourth-order valence-electron chi connectivity index (χ4n) is 12.4. The van der Waals surface area contributed by atoms with Crippen LogP contribution in [-0.4, -0.2) is 128 Å². The first-order chi connectivity index (χ1) is 39.0. The molecule has 1 saturated carbocycles. The molecule has 82 heavy (non-hydrogen) atoms. The van der Waals surface area contributed by atoms with Gasteiger partial charge in [-0.2, -0.15) is 4.58 Å². The van der Waals surface area contributed by atoms with Crippen LogP contribution in [0, 0.1) is 5.92 Å². The van der Waals surface area contributed by atoms with E-state index in [0.717, 1.165) is 56.4 Å². The number of halogens is 2.